The van der Waals surface area contributed by atoms with E-state index in [9.17, 15) is 0 Å². The van der Waals surface area contributed by atoms with E-state index in [2.05, 4.69) is 6.58 Å². The van der Waals surface area contributed by atoms with E-state index >= 15 is 0 Å². The van der Waals surface area contributed by atoms with Crippen LogP contribution in [0.15, 0.2) is 42.5 Å². The molecule has 0 bridgehead atoms. The smallest absolute Gasteiger partial charge is 0.186 e. The van der Waals surface area contributed by atoms with Crippen LogP contribution in [0.3, 0.4) is 0 Å². The van der Waals surface area contributed by atoms with Gasteiger partial charge in [0, 0.05) is 0 Å². The molecule has 0 radical (unpaired) electrons. The van der Waals surface area contributed by atoms with E-state index in [-0.39, 0.29) is 0 Å². The minimum absolute atomic E-state index is 0.490. The second-order valence-corrected chi connectivity index (χ2v) is 3.21. The summed E-state index contributed by atoms with van der Waals surface area (Å²) in [6.07, 6.45) is 0. The van der Waals surface area contributed by atoms with Crippen LogP contribution in [0.4, 0.5) is 0 Å². The van der Waals surface area contributed by atoms with Crippen molar-refractivity contribution in [2.45, 2.75) is 13.5 Å². The van der Waals surface area contributed by atoms with Crippen LogP contribution >= 0.6 is 12.2 Å². The quantitative estimate of drug-likeness (QED) is 0.537. The van der Waals surface area contributed by atoms with E-state index in [0.29, 0.717) is 11.7 Å². The van der Waals surface area contributed by atoms with Crippen LogP contribution in [-0.4, -0.2) is 5.05 Å². The lowest BCUT2D eigenvalue weighted by atomic mass is 10.2. The fourth-order valence-electron chi connectivity index (χ4n) is 0.846. The van der Waals surface area contributed by atoms with Crippen molar-refractivity contribution in [1.29, 1.82) is 0 Å². The van der Waals surface area contributed by atoms with Crippen LogP contribution in [0.5, 0.6) is 0 Å². The van der Waals surface area contributed by atoms with E-state index in [1.807, 2.05) is 37.3 Å². The number of hydrogen-bond donors (Lipinski definition) is 0. The van der Waals surface area contributed by atoms with Gasteiger partial charge in [-0.3, -0.25) is 0 Å². The predicted molar refractivity (Wildman–Crippen MR) is 58.6 cm³/mol. The molecule has 0 saturated heterocycles. The molecule has 1 aromatic carbocycles. The molecule has 13 heavy (non-hydrogen) atoms. The van der Waals surface area contributed by atoms with Gasteiger partial charge in [0.2, 0.25) is 0 Å². The fourth-order valence-corrected chi connectivity index (χ4v) is 0.905. The second kappa shape index (κ2) is 4.77. The zero-order chi connectivity index (χ0) is 9.68. The lowest BCUT2D eigenvalue weighted by Gasteiger charge is -2.06. The van der Waals surface area contributed by atoms with Crippen molar-refractivity contribution < 1.29 is 4.74 Å². The Morgan fingerprint density at radius 3 is 2.54 bits per heavy atom. The SMILES string of the molecule is C=C(C)C(=S)OCc1ccccc1. The van der Waals surface area contributed by atoms with Gasteiger partial charge < -0.3 is 4.74 Å². The van der Waals surface area contributed by atoms with Crippen molar-refractivity contribution in [3.05, 3.63) is 48.0 Å². The molecule has 0 atom stereocenters. The van der Waals surface area contributed by atoms with E-state index in [1.54, 1.807) is 0 Å². The third-order valence-corrected chi connectivity index (χ3v) is 2.03. The van der Waals surface area contributed by atoms with Crippen molar-refractivity contribution in [1.82, 2.24) is 0 Å². The average Bonchev–Trinajstić information content (AvgIpc) is 2.15. The Hall–Kier alpha value is -1.15. The van der Waals surface area contributed by atoms with Crippen LogP contribution in [0, 0.1) is 0 Å². The highest BCUT2D eigenvalue weighted by Gasteiger charge is 1.97. The Morgan fingerprint density at radius 2 is 2.00 bits per heavy atom. The first-order chi connectivity index (χ1) is 6.20. The lowest BCUT2D eigenvalue weighted by Crippen LogP contribution is -2.02. The molecule has 0 unspecified atom stereocenters. The molecule has 1 rings (SSSR count). The Labute approximate surface area is 84.0 Å². The third kappa shape index (κ3) is 3.38. The largest absolute Gasteiger partial charge is 0.478 e. The van der Waals surface area contributed by atoms with Gasteiger partial charge in [0.15, 0.2) is 5.05 Å². The fraction of sp³-hybridized carbons (Fsp3) is 0.182. The maximum absolute atomic E-state index is 5.32. The summed E-state index contributed by atoms with van der Waals surface area (Å²) in [4.78, 5) is 0. The predicted octanol–water partition coefficient (Wildman–Crippen LogP) is 3.11. The normalized spacial score (nSPS) is 9.31. The van der Waals surface area contributed by atoms with Crippen molar-refractivity contribution in [3.8, 4) is 0 Å². The maximum atomic E-state index is 5.32. The minimum Gasteiger partial charge on any atom is -0.478 e. The topological polar surface area (TPSA) is 9.23 Å². The molecule has 0 N–H and O–H groups in total. The van der Waals surface area contributed by atoms with E-state index < -0.39 is 0 Å². The van der Waals surface area contributed by atoms with Gasteiger partial charge in [0.25, 0.3) is 0 Å². The summed E-state index contributed by atoms with van der Waals surface area (Å²) in [6.45, 7) is 6.06. The van der Waals surface area contributed by atoms with Gasteiger partial charge >= 0.3 is 0 Å². The first-order valence-electron chi connectivity index (χ1n) is 4.06. The van der Waals surface area contributed by atoms with Gasteiger partial charge in [0.1, 0.15) is 6.61 Å². The van der Waals surface area contributed by atoms with Gasteiger partial charge in [-0.15, -0.1) is 0 Å². The Morgan fingerprint density at radius 1 is 1.38 bits per heavy atom. The first-order valence-corrected chi connectivity index (χ1v) is 4.47. The summed E-state index contributed by atoms with van der Waals surface area (Å²) in [5.74, 6) is 0. The zero-order valence-electron chi connectivity index (χ0n) is 7.62. The van der Waals surface area contributed by atoms with E-state index in [0.717, 1.165) is 11.1 Å². The molecule has 1 nitrogen and oxygen atoms in total. The molecule has 0 spiro atoms. The summed E-state index contributed by atoms with van der Waals surface area (Å²) in [5.41, 5.74) is 1.91. The molecular weight excluding hydrogens is 180 g/mol. The number of hydrogen-bond acceptors (Lipinski definition) is 2. The lowest BCUT2D eigenvalue weighted by molar-refractivity contribution is 0.301. The maximum Gasteiger partial charge on any atom is 0.186 e. The summed E-state index contributed by atoms with van der Waals surface area (Å²) >= 11 is 4.96. The first kappa shape index (κ1) is 9.93. The van der Waals surface area contributed by atoms with E-state index in [4.69, 9.17) is 17.0 Å². The molecule has 0 fully saturated rings. The van der Waals surface area contributed by atoms with Crippen LogP contribution < -0.4 is 0 Å². The molecular formula is C11H12OS. The molecule has 0 aliphatic carbocycles. The third-order valence-electron chi connectivity index (χ3n) is 1.56. The minimum atomic E-state index is 0.490. The molecule has 2 heteroatoms. The number of benzene rings is 1. The van der Waals surface area contributed by atoms with Crippen LogP contribution in [-0.2, 0) is 11.3 Å². The molecule has 0 heterocycles. The van der Waals surface area contributed by atoms with Crippen molar-refractivity contribution in [2.75, 3.05) is 0 Å². The highest BCUT2D eigenvalue weighted by atomic mass is 32.1. The van der Waals surface area contributed by atoms with Crippen molar-refractivity contribution in [2.24, 2.45) is 0 Å². The average molecular weight is 192 g/mol. The Bertz CT molecular complexity index is 303. The molecule has 1 aromatic rings. The molecule has 68 valence electrons. The van der Waals surface area contributed by atoms with Gasteiger partial charge in [-0.1, -0.05) is 36.9 Å². The molecule has 0 aliphatic rings. The summed E-state index contributed by atoms with van der Waals surface area (Å²) in [5, 5.41) is 0.490. The van der Waals surface area contributed by atoms with Crippen LogP contribution in [0.2, 0.25) is 0 Å². The molecule has 0 amide bonds. The van der Waals surface area contributed by atoms with Gasteiger partial charge in [0.05, 0.1) is 0 Å². The molecule has 0 saturated carbocycles. The molecule has 0 aliphatic heterocycles. The van der Waals surface area contributed by atoms with Crippen molar-refractivity contribution >= 4 is 17.3 Å². The highest BCUT2D eigenvalue weighted by Crippen LogP contribution is 2.03. The summed E-state index contributed by atoms with van der Waals surface area (Å²) in [7, 11) is 0. The number of rotatable bonds is 3. The summed E-state index contributed by atoms with van der Waals surface area (Å²) < 4.78 is 5.32. The number of ether oxygens (including phenoxy) is 1. The van der Waals surface area contributed by atoms with Crippen LogP contribution in [0.1, 0.15) is 12.5 Å². The summed E-state index contributed by atoms with van der Waals surface area (Å²) in [6, 6.07) is 9.92. The van der Waals surface area contributed by atoms with E-state index in [1.165, 1.54) is 0 Å². The number of thiocarbonyl (C=S) groups is 1. The molecule has 0 aromatic heterocycles. The van der Waals surface area contributed by atoms with Gasteiger partial charge in [-0.05, 0) is 30.3 Å². The van der Waals surface area contributed by atoms with Crippen molar-refractivity contribution in [3.63, 3.8) is 0 Å². The second-order valence-electron chi connectivity index (χ2n) is 2.84. The zero-order valence-corrected chi connectivity index (χ0v) is 8.43. The highest BCUT2D eigenvalue weighted by molar-refractivity contribution is 7.80. The standard InChI is InChI=1S/C11H12OS/c1-9(2)11(13)12-8-10-6-4-3-5-7-10/h3-7H,1,8H2,2H3. The van der Waals surface area contributed by atoms with Gasteiger partial charge in [-0.25, -0.2) is 0 Å². The van der Waals surface area contributed by atoms with Crippen LogP contribution in [0.25, 0.3) is 0 Å². The monoisotopic (exact) mass is 192 g/mol. The Kier molecular flexibility index (Phi) is 3.65. The Balaban J connectivity index is 2.44. The van der Waals surface area contributed by atoms with Gasteiger partial charge in [-0.2, -0.15) is 0 Å².